The van der Waals surface area contributed by atoms with E-state index in [1.807, 2.05) is 6.92 Å². The van der Waals surface area contributed by atoms with Crippen LogP contribution in [0.15, 0.2) is 23.3 Å². The number of unbranched alkanes of at least 4 members (excludes halogenated alkanes) is 1. The maximum Gasteiger partial charge on any atom is 0.330 e. The minimum atomic E-state index is -0.257. The van der Waals surface area contributed by atoms with Gasteiger partial charge in [0.15, 0.2) is 0 Å². The SMILES string of the molecule is CCC(C)=CCCCC(C)=CC(=O)OC. The van der Waals surface area contributed by atoms with Crippen molar-refractivity contribution >= 4 is 5.97 Å². The summed E-state index contributed by atoms with van der Waals surface area (Å²) in [5, 5.41) is 0. The van der Waals surface area contributed by atoms with Gasteiger partial charge in [-0.3, -0.25) is 0 Å². The molecule has 86 valence electrons. The number of hydrogen-bond donors (Lipinski definition) is 0. The predicted molar refractivity (Wildman–Crippen MR) is 63.7 cm³/mol. The standard InChI is InChI=1S/C13H22O2/c1-5-11(2)8-6-7-9-12(3)10-13(14)15-4/h8,10H,5-7,9H2,1-4H3. The predicted octanol–water partition coefficient (Wildman–Crippen LogP) is 3.63. The zero-order valence-electron chi connectivity index (χ0n) is 10.3. The summed E-state index contributed by atoms with van der Waals surface area (Å²) < 4.78 is 4.56. The number of allylic oxidation sites excluding steroid dienone is 3. The molecule has 0 saturated heterocycles. The van der Waals surface area contributed by atoms with Gasteiger partial charge in [0.1, 0.15) is 0 Å². The Morgan fingerprint density at radius 1 is 1.27 bits per heavy atom. The summed E-state index contributed by atoms with van der Waals surface area (Å²) in [4.78, 5) is 10.9. The van der Waals surface area contributed by atoms with E-state index in [1.54, 1.807) is 6.08 Å². The molecule has 0 aromatic heterocycles. The van der Waals surface area contributed by atoms with Crippen molar-refractivity contribution in [1.82, 2.24) is 0 Å². The lowest BCUT2D eigenvalue weighted by molar-refractivity contribution is -0.134. The fourth-order valence-electron chi connectivity index (χ4n) is 1.21. The minimum absolute atomic E-state index is 0.257. The Bertz CT molecular complexity index is 249. The van der Waals surface area contributed by atoms with Crippen molar-refractivity contribution in [3.63, 3.8) is 0 Å². The first-order valence-electron chi connectivity index (χ1n) is 5.50. The third-order valence-electron chi connectivity index (χ3n) is 2.39. The molecule has 0 amide bonds. The molecule has 2 nitrogen and oxygen atoms in total. The van der Waals surface area contributed by atoms with E-state index in [-0.39, 0.29) is 5.97 Å². The van der Waals surface area contributed by atoms with Crippen molar-refractivity contribution in [1.29, 1.82) is 0 Å². The van der Waals surface area contributed by atoms with Gasteiger partial charge in [0, 0.05) is 6.08 Å². The molecule has 0 bridgehead atoms. The maximum atomic E-state index is 10.9. The van der Waals surface area contributed by atoms with Gasteiger partial charge in [-0.25, -0.2) is 4.79 Å². The molecule has 0 saturated carbocycles. The van der Waals surface area contributed by atoms with E-state index in [4.69, 9.17) is 0 Å². The lowest BCUT2D eigenvalue weighted by Gasteiger charge is -2.00. The summed E-state index contributed by atoms with van der Waals surface area (Å²) in [5.74, 6) is -0.257. The summed E-state index contributed by atoms with van der Waals surface area (Å²) in [7, 11) is 1.40. The van der Waals surface area contributed by atoms with E-state index in [1.165, 1.54) is 12.7 Å². The van der Waals surface area contributed by atoms with Crippen molar-refractivity contribution in [2.75, 3.05) is 7.11 Å². The summed E-state index contributed by atoms with van der Waals surface area (Å²) in [6.45, 7) is 6.28. The maximum absolute atomic E-state index is 10.9. The lowest BCUT2D eigenvalue weighted by Crippen LogP contribution is -1.95. The highest BCUT2D eigenvalue weighted by molar-refractivity contribution is 5.82. The van der Waals surface area contributed by atoms with E-state index in [0.717, 1.165) is 31.3 Å². The van der Waals surface area contributed by atoms with Gasteiger partial charge in [0.25, 0.3) is 0 Å². The van der Waals surface area contributed by atoms with Crippen LogP contribution in [0.3, 0.4) is 0 Å². The van der Waals surface area contributed by atoms with Crippen LogP contribution in [0.4, 0.5) is 0 Å². The second kappa shape index (κ2) is 8.27. The molecule has 0 rings (SSSR count). The van der Waals surface area contributed by atoms with Crippen LogP contribution in [-0.4, -0.2) is 13.1 Å². The van der Waals surface area contributed by atoms with Gasteiger partial charge in [-0.05, 0) is 39.5 Å². The van der Waals surface area contributed by atoms with E-state index in [9.17, 15) is 4.79 Å². The van der Waals surface area contributed by atoms with E-state index < -0.39 is 0 Å². The fourth-order valence-corrected chi connectivity index (χ4v) is 1.21. The van der Waals surface area contributed by atoms with E-state index >= 15 is 0 Å². The molecular weight excluding hydrogens is 188 g/mol. The number of carbonyl (C=O) groups excluding carboxylic acids is 1. The Hall–Kier alpha value is -1.05. The summed E-state index contributed by atoms with van der Waals surface area (Å²) in [5.41, 5.74) is 2.52. The molecule has 0 aromatic rings. The molecule has 0 N–H and O–H groups in total. The molecule has 0 radical (unpaired) electrons. The zero-order chi connectivity index (χ0) is 11.7. The zero-order valence-corrected chi connectivity index (χ0v) is 10.3. The van der Waals surface area contributed by atoms with Gasteiger partial charge >= 0.3 is 5.97 Å². The molecule has 2 heteroatoms. The molecule has 0 heterocycles. The third-order valence-corrected chi connectivity index (χ3v) is 2.39. The average Bonchev–Trinajstić information content (AvgIpc) is 2.23. The molecule has 0 spiro atoms. The van der Waals surface area contributed by atoms with E-state index in [2.05, 4.69) is 24.7 Å². The van der Waals surface area contributed by atoms with Crippen molar-refractivity contribution in [2.45, 2.75) is 46.5 Å². The minimum Gasteiger partial charge on any atom is -0.466 e. The first-order valence-corrected chi connectivity index (χ1v) is 5.50. The third kappa shape index (κ3) is 7.98. The van der Waals surface area contributed by atoms with Gasteiger partial charge in [-0.2, -0.15) is 0 Å². The van der Waals surface area contributed by atoms with Crippen LogP contribution in [0.25, 0.3) is 0 Å². The molecule has 0 atom stereocenters. The summed E-state index contributed by atoms with van der Waals surface area (Å²) in [6, 6.07) is 0. The number of rotatable bonds is 6. The number of methoxy groups -OCH3 is 1. The van der Waals surface area contributed by atoms with Crippen LogP contribution < -0.4 is 0 Å². The molecule has 0 unspecified atom stereocenters. The highest BCUT2D eigenvalue weighted by Gasteiger charge is 1.96. The Balaban J connectivity index is 3.77. The van der Waals surface area contributed by atoms with Gasteiger partial charge in [0.05, 0.1) is 7.11 Å². The van der Waals surface area contributed by atoms with Crippen molar-refractivity contribution in [3.05, 3.63) is 23.3 Å². The number of hydrogen-bond acceptors (Lipinski definition) is 2. The Labute approximate surface area is 93.0 Å². The summed E-state index contributed by atoms with van der Waals surface area (Å²) in [6.07, 6.45) is 8.10. The Morgan fingerprint density at radius 2 is 1.93 bits per heavy atom. The van der Waals surface area contributed by atoms with Gasteiger partial charge in [-0.15, -0.1) is 0 Å². The quantitative estimate of drug-likeness (QED) is 0.289. The Kier molecular flexibility index (Phi) is 7.69. The lowest BCUT2D eigenvalue weighted by atomic mass is 10.1. The average molecular weight is 210 g/mol. The van der Waals surface area contributed by atoms with Crippen LogP contribution in [0.5, 0.6) is 0 Å². The highest BCUT2D eigenvalue weighted by Crippen LogP contribution is 2.09. The van der Waals surface area contributed by atoms with Gasteiger partial charge < -0.3 is 4.74 Å². The number of ether oxygens (including phenoxy) is 1. The van der Waals surface area contributed by atoms with Crippen LogP contribution in [0.2, 0.25) is 0 Å². The monoisotopic (exact) mass is 210 g/mol. The fraction of sp³-hybridized carbons (Fsp3) is 0.615. The van der Waals surface area contributed by atoms with Crippen molar-refractivity contribution in [3.8, 4) is 0 Å². The second-order valence-electron chi connectivity index (χ2n) is 3.81. The van der Waals surface area contributed by atoms with Crippen LogP contribution in [0.1, 0.15) is 46.5 Å². The topological polar surface area (TPSA) is 26.3 Å². The van der Waals surface area contributed by atoms with Crippen LogP contribution >= 0.6 is 0 Å². The first-order chi connectivity index (χ1) is 7.10. The van der Waals surface area contributed by atoms with E-state index in [0.29, 0.717) is 0 Å². The molecule has 0 aliphatic carbocycles. The molecule has 0 aliphatic heterocycles. The van der Waals surface area contributed by atoms with Crippen molar-refractivity contribution in [2.24, 2.45) is 0 Å². The highest BCUT2D eigenvalue weighted by atomic mass is 16.5. The normalized spacial score (nSPS) is 12.8. The molecule has 15 heavy (non-hydrogen) atoms. The second-order valence-corrected chi connectivity index (χ2v) is 3.81. The smallest absolute Gasteiger partial charge is 0.330 e. The van der Waals surface area contributed by atoms with Crippen LogP contribution in [-0.2, 0) is 9.53 Å². The molecule has 0 aliphatic rings. The number of carbonyl (C=O) groups is 1. The number of esters is 1. The first kappa shape index (κ1) is 13.9. The largest absolute Gasteiger partial charge is 0.466 e. The van der Waals surface area contributed by atoms with Gasteiger partial charge in [-0.1, -0.05) is 24.1 Å². The Morgan fingerprint density at radius 3 is 2.47 bits per heavy atom. The molecule has 0 aromatic carbocycles. The van der Waals surface area contributed by atoms with Crippen molar-refractivity contribution < 1.29 is 9.53 Å². The summed E-state index contributed by atoms with van der Waals surface area (Å²) >= 11 is 0. The van der Waals surface area contributed by atoms with Gasteiger partial charge in [0.2, 0.25) is 0 Å². The molecule has 0 fully saturated rings. The van der Waals surface area contributed by atoms with Crippen LogP contribution in [0, 0.1) is 0 Å². The molecular formula is C13H22O2.